The van der Waals surface area contributed by atoms with Crippen molar-refractivity contribution >= 4 is 44.6 Å². The predicted octanol–water partition coefficient (Wildman–Crippen LogP) is 4.72. The molecule has 0 aliphatic heterocycles. The number of aryl methyl sites for hydroxylation is 1. The maximum atomic E-state index is 12.4. The molecule has 0 radical (unpaired) electrons. The van der Waals surface area contributed by atoms with Gasteiger partial charge in [-0.3, -0.25) is 4.79 Å². The molecule has 122 valence electrons. The number of hydrogen-bond acceptors (Lipinski definition) is 4. The molecule has 0 spiro atoms. The Morgan fingerprint density at radius 3 is 2.62 bits per heavy atom. The van der Waals surface area contributed by atoms with E-state index in [-0.39, 0.29) is 11.7 Å². The van der Waals surface area contributed by atoms with Crippen LogP contribution < -0.4 is 5.43 Å². The molecule has 2 N–H and O–H groups in total. The van der Waals surface area contributed by atoms with Crippen molar-refractivity contribution in [3.05, 3.63) is 63.5 Å². The largest absolute Gasteiger partial charge is 0.508 e. The fraction of sp³-hybridized carbons (Fsp3) is 0.111. The highest BCUT2D eigenvalue weighted by molar-refractivity contribution is 7.21. The molecule has 1 aromatic heterocycles. The smallest absolute Gasteiger partial charge is 0.283 e. The predicted molar refractivity (Wildman–Crippen MR) is 99.4 cm³/mol. The number of phenols is 1. The molecule has 24 heavy (non-hydrogen) atoms. The van der Waals surface area contributed by atoms with Crippen molar-refractivity contribution < 1.29 is 9.90 Å². The zero-order chi connectivity index (χ0) is 17.3. The van der Waals surface area contributed by atoms with Crippen molar-refractivity contribution in [1.29, 1.82) is 0 Å². The zero-order valence-electron chi connectivity index (χ0n) is 13.1. The first-order valence-corrected chi connectivity index (χ1v) is 8.48. The van der Waals surface area contributed by atoms with Gasteiger partial charge in [-0.2, -0.15) is 5.10 Å². The summed E-state index contributed by atoms with van der Waals surface area (Å²) in [7, 11) is 0. The second-order valence-corrected chi connectivity index (χ2v) is 6.86. The first-order valence-electron chi connectivity index (χ1n) is 7.28. The van der Waals surface area contributed by atoms with Gasteiger partial charge in [0.15, 0.2) is 0 Å². The highest BCUT2D eigenvalue weighted by Crippen LogP contribution is 2.35. The Labute approximate surface area is 148 Å². The third-order valence-electron chi connectivity index (χ3n) is 3.60. The van der Waals surface area contributed by atoms with Crippen molar-refractivity contribution in [2.24, 2.45) is 5.10 Å². The van der Waals surface area contributed by atoms with Crippen LogP contribution in [0.4, 0.5) is 0 Å². The SMILES string of the molecule is C/C(=N\NC(=O)c1sc2cc(C)ccc2c1Cl)c1ccc(O)cc1. The summed E-state index contributed by atoms with van der Waals surface area (Å²) in [6.07, 6.45) is 0. The van der Waals surface area contributed by atoms with Gasteiger partial charge in [0.05, 0.1) is 10.7 Å². The second kappa shape index (κ2) is 6.63. The van der Waals surface area contributed by atoms with Crippen LogP contribution in [0.25, 0.3) is 10.1 Å². The first kappa shape index (κ1) is 16.5. The van der Waals surface area contributed by atoms with Crippen molar-refractivity contribution in [3.63, 3.8) is 0 Å². The quantitative estimate of drug-likeness (QED) is 0.525. The number of amides is 1. The van der Waals surface area contributed by atoms with Crippen LogP contribution in [-0.2, 0) is 0 Å². The fourth-order valence-corrected chi connectivity index (χ4v) is 3.78. The van der Waals surface area contributed by atoms with Gasteiger partial charge in [0.1, 0.15) is 10.6 Å². The van der Waals surface area contributed by atoms with Crippen molar-refractivity contribution in [2.45, 2.75) is 13.8 Å². The van der Waals surface area contributed by atoms with Gasteiger partial charge >= 0.3 is 0 Å². The lowest BCUT2D eigenvalue weighted by Gasteiger charge is -2.02. The molecule has 4 nitrogen and oxygen atoms in total. The van der Waals surface area contributed by atoms with Crippen LogP contribution in [0.1, 0.15) is 27.7 Å². The Morgan fingerprint density at radius 1 is 1.21 bits per heavy atom. The molecule has 1 heterocycles. The Hall–Kier alpha value is -2.37. The third kappa shape index (κ3) is 3.27. The number of hydrogen-bond donors (Lipinski definition) is 2. The van der Waals surface area contributed by atoms with Crippen LogP contribution in [0.5, 0.6) is 5.75 Å². The van der Waals surface area contributed by atoms with E-state index in [1.165, 1.54) is 11.3 Å². The minimum Gasteiger partial charge on any atom is -0.508 e. The lowest BCUT2D eigenvalue weighted by Crippen LogP contribution is -2.18. The van der Waals surface area contributed by atoms with E-state index in [2.05, 4.69) is 10.5 Å². The average Bonchev–Trinajstić information content (AvgIpc) is 2.89. The van der Waals surface area contributed by atoms with Gasteiger partial charge in [0.25, 0.3) is 5.91 Å². The molecule has 0 aliphatic rings. The lowest BCUT2D eigenvalue weighted by molar-refractivity contribution is 0.0959. The van der Waals surface area contributed by atoms with E-state index in [0.717, 1.165) is 21.2 Å². The van der Waals surface area contributed by atoms with Crippen molar-refractivity contribution in [1.82, 2.24) is 5.43 Å². The minimum absolute atomic E-state index is 0.183. The van der Waals surface area contributed by atoms with Gasteiger partial charge in [-0.25, -0.2) is 5.43 Å². The molecule has 3 rings (SSSR count). The van der Waals surface area contributed by atoms with Gasteiger partial charge in [0, 0.05) is 10.1 Å². The molecule has 0 unspecified atom stereocenters. The van der Waals surface area contributed by atoms with Crippen LogP contribution in [0.3, 0.4) is 0 Å². The van der Waals surface area contributed by atoms with E-state index >= 15 is 0 Å². The number of fused-ring (bicyclic) bond motifs is 1. The van der Waals surface area contributed by atoms with Gasteiger partial charge in [-0.05, 0) is 55.3 Å². The van der Waals surface area contributed by atoms with Crippen molar-refractivity contribution in [3.8, 4) is 5.75 Å². The molecule has 0 saturated heterocycles. The molecule has 0 saturated carbocycles. The number of thiophene rings is 1. The van der Waals surface area contributed by atoms with Crippen LogP contribution in [0, 0.1) is 6.92 Å². The Morgan fingerprint density at radius 2 is 1.92 bits per heavy atom. The average molecular weight is 359 g/mol. The standard InChI is InChI=1S/C18H15ClN2O2S/c1-10-3-8-14-15(9-10)24-17(16(14)19)18(23)21-20-11(2)12-4-6-13(22)7-5-12/h3-9,22H,1-2H3,(H,21,23)/b20-11+. The summed E-state index contributed by atoms with van der Waals surface area (Å²) in [5, 5.41) is 14.7. The summed E-state index contributed by atoms with van der Waals surface area (Å²) in [5.74, 6) is -0.153. The summed E-state index contributed by atoms with van der Waals surface area (Å²) < 4.78 is 0.976. The molecule has 6 heteroatoms. The number of nitrogens with zero attached hydrogens (tertiary/aromatic N) is 1. The topological polar surface area (TPSA) is 61.7 Å². The Balaban J connectivity index is 1.83. The molecule has 3 aromatic rings. The summed E-state index contributed by atoms with van der Waals surface area (Å²) in [5.41, 5.74) is 5.11. The van der Waals surface area contributed by atoms with Crippen LogP contribution >= 0.6 is 22.9 Å². The number of aromatic hydroxyl groups is 1. The fourth-order valence-electron chi connectivity index (χ4n) is 2.27. The van der Waals surface area contributed by atoms with Gasteiger partial charge < -0.3 is 5.11 Å². The van der Waals surface area contributed by atoms with E-state index in [4.69, 9.17) is 11.6 Å². The number of carbonyl (C=O) groups excluding carboxylic acids is 1. The van der Waals surface area contributed by atoms with Gasteiger partial charge in [0.2, 0.25) is 0 Å². The molecule has 0 fully saturated rings. The van der Waals surface area contributed by atoms with Gasteiger partial charge in [-0.1, -0.05) is 23.7 Å². The zero-order valence-corrected chi connectivity index (χ0v) is 14.7. The number of nitrogens with one attached hydrogen (secondary N) is 1. The highest BCUT2D eigenvalue weighted by atomic mass is 35.5. The highest BCUT2D eigenvalue weighted by Gasteiger charge is 2.17. The second-order valence-electron chi connectivity index (χ2n) is 5.43. The summed E-state index contributed by atoms with van der Waals surface area (Å²) in [4.78, 5) is 12.8. The molecular formula is C18H15ClN2O2S. The normalized spacial score (nSPS) is 11.7. The van der Waals surface area contributed by atoms with Crippen LogP contribution in [-0.4, -0.2) is 16.7 Å². The van der Waals surface area contributed by atoms with E-state index in [1.54, 1.807) is 31.2 Å². The van der Waals surface area contributed by atoms with E-state index in [1.807, 2.05) is 25.1 Å². The maximum Gasteiger partial charge on any atom is 0.283 e. The number of carbonyl (C=O) groups is 1. The van der Waals surface area contributed by atoms with E-state index in [9.17, 15) is 9.90 Å². The van der Waals surface area contributed by atoms with E-state index < -0.39 is 0 Å². The summed E-state index contributed by atoms with van der Waals surface area (Å²) in [6, 6.07) is 12.5. The van der Waals surface area contributed by atoms with Crippen molar-refractivity contribution in [2.75, 3.05) is 0 Å². The molecular weight excluding hydrogens is 344 g/mol. The molecule has 0 atom stereocenters. The minimum atomic E-state index is -0.336. The summed E-state index contributed by atoms with van der Waals surface area (Å²) >= 11 is 7.68. The monoisotopic (exact) mass is 358 g/mol. The first-order chi connectivity index (χ1) is 11.5. The summed E-state index contributed by atoms with van der Waals surface area (Å²) in [6.45, 7) is 3.78. The molecule has 0 bridgehead atoms. The van der Waals surface area contributed by atoms with Gasteiger partial charge in [-0.15, -0.1) is 11.3 Å². The van der Waals surface area contributed by atoms with Crippen LogP contribution in [0.15, 0.2) is 47.6 Å². The third-order valence-corrected chi connectivity index (χ3v) is 5.26. The van der Waals surface area contributed by atoms with Crippen LogP contribution in [0.2, 0.25) is 5.02 Å². The molecule has 2 aromatic carbocycles. The number of rotatable bonds is 3. The number of phenolic OH excluding ortho intramolecular Hbond substituents is 1. The molecule has 1 amide bonds. The maximum absolute atomic E-state index is 12.4. The molecule has 0 aliphatic carbocycles. The number of halogens is 1. The Kier molecular flexibility index (Phi) is 4.55. The van der Waals surface area contributed by atoms with E-state index in [0.29, 0.717) is 15.6 Å². The number of hydrazone groups is 1. The lowest BCUT2D eigenvalue weighted by atomic mass is 10.1. The Bertz CT molecular complexity index is 946. The number of benzene rings is 2.